The highest BCUT2D eigenvalue weighted by atomic mass is 32.2. The molecule has 0 aromatic carbocycles. The quantitative estimate of drug-likeness (QED) is 0.115. The number of fused-ring (bicyclic) bond motifs is 1. The molecule has 0 spiro atoms. The summed E-state index contributed by atoms with van der Waals surface area (Å²) in [4.78, 5) is 58.2. The Morgan fingerprint density at radius 2 is 2.00 bits per heavy atom. The number of thioether (sulfide) groups is 3. The zero-order chi connectivity index (χ0) is 26.7. The highest BCUT2D eigenvalue weighted by Crippen LogP contribution is 2.42. The average molecular weight is 605 g/mol. The maximum atomic E-state index is 12.9. The lowest BCUT2D eigenvalue weighted by atomic mass is 10.0. The number of carboxylic acid groups (broad SMARTS) is 2. The van der Waals surface area contributed by atoms with Crippen LogP contribution in [0.2, 0.25) is 0 Å². The SMILES string of the molecule is CON=C(C(=O)NC1C(=O)N2C(C(=O)O)=C(CSc3nnc(SCC(=O)O)s3)CS[C@@H]12)c1nsc(N)n1. The lowest BCUT2D eigenvalue weighted by Crippen LogP contribution is -2.71. The number of carboxylic acids is 2. The molecule has 1 saturated heterocycles. The summed E-state index contributed by atoms with van der Waals surface area (Å²) in [6.45, 7) is 0. The van der Waals surface area contributed by atoms with Crippen LogP contribution < -0.4 is 11.1 Å². The van der Waals surface area contributed by atoms with E-state index in [2.05, 4.69) is 30.0 Å². The van der Waals surface area contributed by atoms with Crippen LogP contribution in [-0.2, 0) is 24.0 Å². The van der Waals surface area contributed by atoms with Gasteiger partial charge in [-0.1, -0.05) is 40.0 Å². The largest absolute Gasteiger partial charge is 0.481 e. The summed E-state index contributed by atoms with van der Waals surface area (Å²) < 4.78 is 4.95. The number of nitrogens with two attached hydrogens (primary N) is 1. The summed E-state index contributed by atoms with van der Waals surface area (Å²) in [5.74, 6) is -3.26. The fourth-order valence-electron chi connectivity index (χ4n) is 3.20. The number of aromatic nitrogens is 4. The predicted molar refractivity (Wildman–Crippen MR) is 137 cm³/mol. The van der Waals surface area contributed by atoms with Gasteiger partial charge >= 0.3 is 11.9 Å². The predicted octanol–water partition coefficient (Wildman–Crippen LogP) is 0.0299. The first-order valence-corrected chi connectivity index (χ1v) is 14.5. The first-order valence-electron chi connectivity index (χ1n) is 9.92. The summed E-state index contributed by atoms with van der Waals surface area (Å²) in [6.07, 6.45) is 0. The van der Waals surface area contributed by atoms with Crippen molar-refractivity contribution in [2.45, 2.75) is 20.1 Å². The van der Waals surface area contributed by atoms with Crippen molar-refractivity contribution in [3.8, 4) is 0 Å². The summed E-state index contributed by atoms with van der Waals surface area (Å²) in [7, 11) is 1.23. The van der Waals surface area contributed by atoms with Crippen molar-refractivity contribution in [3.63, 3.8) is 0 Å². The molecule has 4 heterocycles. The van der Waals surface area contributed by atoms with Crippen LogP contribution in [0, 0.1) is 0 Å². The van der Waals surface area contributed by atoms with Crippen molar-refractivity contribution in [1.82, 2.24) is 29.8 Å². The van der Waals surface area contributed by atoms with Crippen molar-refractivity contribution in [2.75, 3.05) is 30.1 Å². The molecule has 2 aliphatic rings. The van der Waals surface area contributed by atoms with E-state index in [1.807, 2.05) is 0 Å². The fourth-order valence-corrected chi connectivity index (χ4v) is 7.86. The van der Waals surface area contributed by atoms with Crippen LogP contribution in [0.3, 0.4) is 0 Å². The van der Waals surface area contributed by atoms with E-state index in [1.54, 1.807) is 0 Å². The van der Waals surface area contributed by atoms with Gasteiger partial charge in [-0.15, -0.1) is 22.0 Å². The second-order valence-corrected chi connectivity index (χ2v) is 12.3. The monoisotopic (exact) mass is 604 g/mol. The summed E-state index contributed by atoms with van der Waals surface area (Å²) in [6, 6.07) is -0.990. The van der Waals surface area contributed by atoms with Crippen LogP contribution in [0.25, 0.3) is 0 Å². The van der Waals surface area contributed by atoms with Gasteiger partial charge in [-0.3, -0.25) is 19.3 Å². The number of hydrogen-bond acceptors (Lipinski definition) is 16. The number of nitrogens with zero attached hydrogens (tertiary/aromatic N) is 6. The van der Waals surface area contributed by atoms with Crippen LogP contribution in [0.1, 0.15) is 5.82 Å². The highest BCUT2D eigenvalue weighted by molar-refractivity contribution is 8.03. The summed E-state index contributed by atoms with van der Waals surface area (Å²) in [5.41, 5.74) is 5.66. The van der Waals surface area contributed by atoms with Gasteiger partial charge in [-0.05, 0) is 5.57 Å². The van der Waals surface area contributed by atoms with E-state index in [1.165, 1.54) is 42.0 Å². The minimum Gasteiger partial charge on any atom is -0.481 e. The lowest BCUT2D eigenvalue weighted by Gasteiger charge is -2.49. The molecule has 15 nitrogen and oxygen atoms in total. The van der Waals surface area contributed by atoms with Crippen molar-refractivity contribution in [1.29, 1.82) is 0 Å². The van der Waals surface area contributed by atoms with Gasteiger partial charge in [-0.25, -0.2) is 4.79 Å². The Morgan fingerprint density at radius 3 is 2.62 bits per heavy atom. The Kier molecular flexibility index (Phi) is 8.52. The van der Waals surface area contributed by atoms with Crippen molar-refractivity contribution in [3.05, 3.63) is 17.1 Å². The molecule has 5 N–H and O–H groups in total. The third kappa shape index (κ3) is 5.98. The second-order valence-electron chi connectivity index (χ2n) is 7.00. The molecule has 20 heteroatoms. The zero-order valence-electron chi connectivity index (χ0n) is 18.5. The Morgan fingerprint density at radius 1 is 1.27 bits per heavy atom. The van der Waals surface area contributed by atoms with Gasteiger partial charge in [0.2, 0.25) is 11.5 Å². The van der Waals surface area contributed by atoms with Crippen LogP contribution >= 0.6 is 58.2 Å². The molecular weight excluding hydrogens is 589 g/mol. The molecule has 4 rings (SSSR count). The number of carbonyl (C=O) groups is 4. The fraction of sp³-hybridized carbons (Fsp3) is 0.353. The second kappa shape index (κ2) is 11.6. The van der Waals surface area contributed by atoms with E-state index < -0.39 is 35.2 Å². The van der Waals surface area contributed by atoms with Gasteiger partial charge in [0.05, 0.1) is 5.75 Å². The summed E-state index contributed by atoms with van der Waals surface area (Å²) >= 11 is 5.65. The minimum atomic E-state index is -1.27. The molecule has 0 aliphatic carbocycles. The van der Waals surface area contributed by atoms with Crippen molar-refractivity contribution in [2.24, 2.45) is 5.16 Å². The normalized spacial score (nSPS) is 19.3. The molecule has 1 unspecified atom stereocenters. The Balaban J connectivity index is 1.43. The number of hydrogen-bond donors (Lipinski definition) is 4. The number of rotatable bonds is 11. The smallest absolute Gasteiger partial charge is 0.352 e. The van der Waals surface area contributed by atoms with Crippen molar-refractivity contribution >= 4 is 92.8 Å². The maximum absolute atomic E-state index is 12.9. The molecule has 2 aliphatic heterocycles. The molecule has 2 aromatic heterocycles. The van der Waals surface area contributed by atoms with E-state index >= 15 is 0 Å². The standard InChI is InChI=1S/C17H16N8O7S5/c1-32-23-7(10-20-15(18)37-24-10)11(28)19-8-12(29)25-9(14(30)31)5(2-33-13(8)25)3-34-16-21-22-17(36-16)35-4-6(26)27/h8,13H,2-4H2,1H3,(H,19,28)(H,26,27)(H,30,31)(H2,18,20,24)/t8?,13-/m0/s1. The summed E-state index contributed by atoms with van der Waals surface area (Å²) in [5, 5.41) is 32.2. The molecule has 37 heavy (non-hydrogen) atoms. The van der Waals surface area contributed by atoms with E-state index in [0.29, 0.717) is 20.0 Å². The van der Waals surface area contributed by atoms with E-state index in [-0.39, 0.29) is 33.9 Å². The molecule has 2 amide bonds. The number of carbonyl (C=O) groups excluding carboxylic acids is 2. The Labute approximate surface area is 228 Å². The zero-order valence-corrected chi connectivity index (χ0v) is 22.6. The van der Waals surface area contributed by atoms with Crippen molar-refractivity contribution < 1.29 is 34.2 Å². The minimum absolute atomic E-state index is 0.0617. The van der Waals surface area contributed by atoms with Gasteiger partial charge in [0.25, 0.3) is 11.8 Å². The van der Waals surface area contributed by atoms with Crippen LogP contribution in [0.4, 0.5) is 5.13 Å². The lowest BCUT2D eigenvalue weighted by molar-refractivity contribution is -0.150. The number of oxime groups is 1. The third-order valence-corrected chi connectivity index (χ3v) is 9.81. The van der Waals surface area contributed by atoms with Gasteiger partial charge < -0.3 is 26.1 Å². The van der Waals surface area contributed by atoms with E-state index in [0.717, 1.165) is 28.2 Å². The molecule has 0 bridgehead atoms. The number of nitrogen functional groups attached to an aromatic ring is 1. The van der Waals surface area contributed by atoms with E-state index in [9.17, 15) is 24.3 Å². The van der Waals surface area contributed by atoms with Crippen LogP contribution in [0.5, 0.6) is 0 Å². The average Bonchev–Trinajstić information content (AvgIpc) is 3.50. The maximum Gasteiger partial charge on any atom is 0.352 e. The molecule has 196 valence electrons. The first-order chi connectivity index (χ1) is 17.7. The Bertz CT molecular complexity index is 1310. The van der Waals surface area contributed by atoms with Crippen LogP contribution in [-0.4, -0.2) is 99.9 Å². The molecular formula is C17H16N8O7S5. The number of nitrogens with one attached hydrogen (secondary N) is 1. The number of aliphatic carboxylic acids is 2. The number of amides is 2. The molecule has 2 atom stereocenters. The molecule has 0 saturated carbocycles. The van der Waals surface area contributed by atoms with Gasteiger partial charge in [0, 0.05) is 23.0 Å². The van der Waals surface area contributed by atoms with Gasteiger partial charge in [-0.2, -0.15) is 9.36 Å². The number of anilines is 1. The van der Waals surface area contributed by atoms with Crippen LogP contribution in [0.15, 0.2) is 25.1 Å². The topological polar surface area (TPSA) is 223 Å². The van der Waals surface area contributed by atoms with E-state index in [4.69, 9.17) is 15.7 Å². The first kappa shape index (κ1) is 27.1. The number of β-lactam (4-membered cyclic amide) rings is 1. The molecule has 2 aromatic rings. The van der Waals surface area contributed by atoms with Gasteiger partial charge in [0.15, 0.2) is 13.8 Å². The van der Waals surface area contributed by atoms with Gasteiger partial charge in [0.1, 0.15) is 24.2 Å². The molecule has 0 radical (unpaired) electrons. The highest BCUT2D eigenvalue weighted by Gasteiger charge is 2.54. The molecule has 1 fully saturated rings. The Hall–Kier alpha value is -2.94. The third-order valence-electron chi connectivity index (χ3n) is 4.66.